The van der Waals surface area contributed by atoms with E-state index in [9.17, 15) is 14.9 Å². The van der Waals surface area contributed by atoms with Crippen LogP contribution in [0.4, 0.5) is 5.69 Å². The third-order valence-electron chi connectivity index (χ3n) is 2.63. The summed E-state index contributed by atoms with van der Waals surface area (Å²) in [5.74, 6) is -0.701. The summed E-state index contributed by atoms with van der Waals surface area (Å²) in [7, 11) is 0. The minimum atomic E-state index is -0.899. The van der Waals surface area contributed by atoms with Crippen molar-refractivity contribution in [1.82, 2.24) is 4.90 Å². The number of ether oxygens (including phenoxy) is 1. The van der Waals surface area contributed by atoms with Crippen LogP contribution in [0.3, 0.4) is 0 Å². The van der Waals surface area contributed by atoms with E-state index in [0.29, 0.717) is 13.1 Å². The molecule has 1 N–H and O–H groups in total. The second-order valence-corrected chi connectivity index (χ2v) is 4.24. The van der Waals surface area contributed by atoms with E-state index in [0.717, 1.165) is 6.42 Å². The van der Waals surface area contributed by atoms with Crippen molar-refractivity contribution in [2.75, 3.05) is 26.2 Å². The molecule has 0 aliphatic carbocycles. The molecule has 1 rings (SSSR count). The summed E-state index contributed by atoms with van der Waals surface area (Å²) < 4.78 is 5.38. The van der Waals surface area contributed by atoms with Gasteiger partial charge in [0.05, 0.1) is 11.5 Å². The third kappa shape index (κ3) is 5.23. The molecular weight excluding hydrogens is 264 g/mol. The van der Waals surface area contributed by atoms with Gasteiger partial charge in [0.1, 0.15) is 6.61 Å². The van der Waals surface area contributed by atoms with Crippen molar-refractivity contribution < 1.29 is 19.6 Å². The molecule has 0 aliphatic rings. The van der Waals surface area contributed by atoms with E-state index in [1.54, 1.807) is 17.0 Å². The highest BCUT2D eigenvalue weighted by Gasteiger charge is 2.14. The lowest BCUT2D eigenvalue weighted by atomic mass is 10.3. The lowest BCUT2D eigenvalue weighted by Gasteiger charge is -2.19. The molecule has 0 aromatic heterocycles. The largest absolute Gasteiger partial charge is 0.485 e. The van der Waals surface area contributed by atoms with Crippen LogP contribution in [0.1, 0.15) is 13.3 Å². The van der Waals surface area contributed by atoms with Crippen LogP contribution in [-0.4, -0.2) is 47.1 Å². The second-order valence-electron chi connectivity index (χ2n) is 4.24. The van der Waals surface area contributed by atoms with Gasteiger partial charge in [-0.3, -0.25) is 19.8 Å². The Labute approximate surface area is 116 Å². The van der Waals surface area contributed by atoms with E-state index in [2.05, 4.69) is 0 Å². The van der Waals surface area contributed by atoms with Crippen molar-refractivity contribution in [3.63, 3.8) is 0 Å². The molecule has 0 unspecified atom stereocenters. The number of nitro benzene ring substituents is 1. The van der Waals surface area contributed by atoms with Crippen molar-refractivity contribution in [3.05, 3.63) is 34.4 Å². The van der Waals surface area contributed by atoms with Gasteiger partial charge >= 0.3 is 11.7 Å². The molecule has 0 spiro atoms. The second kappa shape index (κ2) is 8.11. The summed E-state index contributed by atoms with van der Waals surface area (Å²) in [6.45, 7) is 3.16. The first-order chi connectivity index (χ1) is 9.54. The zero-order chi connectivity index (χ0) is 15.0. The van der Waals surface area contributed by atoms with Crippen molar-refractivity contribution in [1.29, 1.82) is 0 Å². The van der Waals surface area contributed by atoms with E-state index < -0.39 is 10.9 Å². The van der Waals surface area contributed by atoms with Crippen molar-refractivity contribution in [3.8, 4) is 5.75 Å². The number of para-hydroxylation sites is 2. The maximum absolute atomic E-state index is 10.8. The Hall–Kier alpha value is -2.15. The molecule has 0 fully saturated rings. The molecule has 0 saturated heterocycles. The monoisotopic (exact) mass is 282 g/mol. The maximum atomic E-state index is 10.8. The van der Waals surface area contributed by atoms with Crippen LogP contribution >= 0.6 is 0 Å². The minimum absolute atomic E-state index is 0.0614. The summed E-state index contributed by atoms with van der Waals surface area (Å²) in [6.07, 6.45) is 0.832. The van der Waals surface area contributed by atoms with Crippen LogP contribution in [-0.2, 0) is 4.79 Å². The molecule has 0 bridgehead atoms. The van der Waals surface area contributed by atoms with Gasteiger partial charge in [0.15, 0.2) is 5.75 Å². The van der Waals surface area contributed by atoms with Crippen LogP contribution in [0.15, 0.2) is 24.3 Å². The molecular formula is C13H18N2O5. The highest BCUT2D eigenvalue weighted by Crippen LogP contribution is 2.25. The number of nitro groups is 1. The fourth-order valence-electron chi connectivity index (χ4n) is 1.79. The first-order valence-electron chi connectivity index (χ1n) is 6.35. The van der Waals surface area contributed by atoms with Gasteiger partial charge < -0.3 is 9.84 Å². The van der Waals surface area contributed by atoms with Gasteiger partial charge in [0.2, 0.25) is 0 Å². The first-order valence-corrected chi connectivity index (χ1v) is 6.35. The number of carboxylic acids is 1. The first kappa shape index (κ1) is 15.9. The van der Waals surface area contributed by atoms with Gasteiger partial charge in [-0.1, -0.05) is 19.1 Å². The van der Waals surface area contributed by atoms with Crippen molar-refractivity contribution >= 4 is 11.7 Å². The Bertz CT molecular complexity index is 464. The van der Waals surface area contributed by atoms with E-state index >= 15 is 0 Å². The Kier molecular flexibility index (Phi) is 6.45. The molecule has 0 heterocycles. The van der Waals surface area contributed by atoms with Crippen molar-refractivity contribution in [2.45, 2.75) is 13.3 Å². The lowest BCUT2D eigenvalue weighted by molar-refractivity contribution is -0.385. The number of nitrogens with zero attached hydrogens (tertiary/aromatic N) is 2. The number of hydrogen-bond donors (Lipinski definition) is 1. The summed E-state index contributed by atoms with van der Waals surface area (Å²) in [5, 5.41) is 19.6. The van der Waals surface area contributed by atoms with Gasteiger partial charge in [-0.25, -0.2) is 0 Å². The zero-order valence-corrected chi connectivity index (χ0v) is 11.3. The van der Waals surface area contributed by atoms with Crippen molar-refractivity contribution in [2.24, 2.45) is 0 Å². The minimum Gasteiger partial charge on any atom is -0.485 e. The highest BCUT2D eigenvalue weighted by molar-refractivity contribution is 5.69. The Morgan fingerprint density at radius 3 is 2.70 bits per heavy atom. The van der Waals surface area contributed by atoms with Crippen LogP contribution in [0.25, 0.3) is 0 Å². The lowest BCUT2D eigenvalue weighted by Crippen LogP contribution is -2.34. The van der Waals surface area contributed by atoms with Gasteiger partial charge in [-0.15, -0.1) is 0 Å². The number of carboxylic acid groups (broad SMARTS) is 1. The van der Waals surface area contributed by atoms with Gasteiger partial charge in [-0.2, -0.15) is 0 Å². The molecule has 0 aliphatic heterocycles. The fraction of sp³-hybridized carbons (Fsp3) is 0.462. The molecule has 0 radical (unpaired) electrons. The molecule has 1 aromatic rings. The van der Waals surface area contributed by atoms with Crippen LogP contribution in [0.5, 0.6) is 5.75 Å². The van der Waals surface area contributed by atoms with Crippen LogP contribution in [0, 0.1) is 10.1 Å². The Balaban J connectivity index is 2.54. The van der Waals surface area contributed by atoms with E-state index in [1.807, 2.05) is 6.92 Å². The number of aliphatic carboxylic acids is 1. The summed E-state index contributed by atoms with van der Waals surface area (Å²) in [4.78, 5) is 22.7. The van der Waals surface area contributed by atoms with Gasteiger partial charge in [0, 0.05) is 12.6 Å². The molecule has 110 valence electrons. The molecule has 1 aromatic carbocycles. The van der Waals surface area contributed by atoms with E-state index in [4.69, 9.17) is 9.84 Å². The SMILES string of the molecule is CCCN(CCOc1ccccc1[N+](=O)[O-])CC(=O)O. The van der Waals surface area contributed by atoms with E-state index in [1.165, 1.54) is 12.1 Å². The maximum Gasteiger partial charge on any atom is 0.317 e. The summed E-state index contributed by atoms with van der Waals surface area (Å²) in [5.41, 5.74) is -0.0900. The highest BCUT2D eigenvalue weighted by atomic mass is 16.6. The Morgan fingerprint density at radius 1 is 1.40 bits per heavy atom. The summed E-state index contributed by atoms with van der Waals surface area (Å²) >= 11 is 0. The predicted molar refractivity (Wildman–Crippen MR) is 73.0 cm³/mol. The normalized spacial score (nSPS) is 10.5. The smallest absolute Gasteiger partial charge is 0.317 e. The topological polar surface area (TPSA) is 92.9 Å². The van der Waals surface area contributed by atoms with Gasteiger partial charge in [0.25, 0.3) is 0 Å². The van der Waals surface area contributed by atoms with E-state index in [-0.39, 0.29) is 24.6 Å². The average molecular weight is 282 g/mol. The molecule has 7 heteroatoms. The van der Waals surface area contributed by atoms with Gasteiger partial charge in [-0.05, 0) is 19.0 Å². The van der Waals surface area contributed by atoms with Crippen LogP contribution in [0.2, 0.25) is 0 Å². The standard InChI is InChI=1S/C13H18N2O5/c1-2-7-14(10-13(16)17)8-9-20-12-6-4-3-5-11(12)15(18)19/h3-6H,2,7-10H2,1H3,(H,16,17). The number of benzene rings is 1. The molecule has 0 atom stereocenters. The number of rotatable bonds is 9. The number of carbonyl (C=O) groups is 1. The Morgan fingerprint density at radius 2 is 2.10 bits per heavy atom. The third-order valence-corrected chi connectivity index (χ3v) is 2.63. The summed E-state index contributed by atoms with van der Waals surface area (Å²) in [6, 6.07) is 6.12. The molecule has 20 heavy (non-hydrogen) atoms. The molecule has 7 nitrogen and oxygen atoms in total. The molecule has 0 saturated carbocycles. The molecule has 0 amide bonds. The zero-order valence-electron chi connectivity index (χ0n) is 11.3. The fourth-order valence-corrected chi connectivity index (χ4v) is 1.79. The number of hydrogen-bond acceptors (Lipinski definition) is 5. The quantitative estimate of drug-likeness (QED) is 0.548. The van der Waals surface area contributed by atoms with Crippen LogP contribution < -0.4 is 4.74 Å². The average Bonchev–Trinajstić information content (AvgIpc) is 2.38. The predicted octanol–water partition coefficient (Wildman–Crippen LogP) is 1.77.